The Hall–Kier alpha value is -1.59. The Kier molecular flexibility index (Phi) is 6.24. The second-order valence-electron chi connectivity index (χ2n) is 6.10. The Morgan fingerprint density at radius 1 is 1.25 bits per heavy atom. The zero-order valence-electron chi connectivity index (χ0n) is 14.9. The van der Waals surface area contributed by atoms with Crippen LogP contribution < -0.4 is 4.74 Å². The molecule has 130 valence electrons. The summed E-state index contributed by atoms with van der Waals surface area (Å²) in [6.45, 7) is 8.69. The van der Waals surface area contributed by atoms with E-state index in [1.165, 1.54) is 0 Å². The van der Waals surface area contributed by atoms with E-state index >= 15 is 0 Å². The summed E-state index contributed by atoms with van der Waals surface area (Å²) in [6, 6.07) is 7.92. The van der Waals surface area contributed by atoms with Gasteiger partial charge in [0.2, 0.25) is 5.78 Å². The first-order chi connectivity index (χ1) is 11.3. The van der Waals surface area contributed by atoms with Crippen molar-refractivity contribution in [1.29, 1.82) is 0 Å². The van der Waals surface area contributed by atoms with Crippen molar-refractivity contribution in [3.05, 3.63) is 51.3 Å². The predicted molar refractivity (Wildman–Crippen MR) is 99.2 cm³/mol. The van der Waals surface area contributed by atoms with E-state index in [-0.39, 0.29) is 18.4 Å². The number of hydrogen-bond donors (Lipinski definition) is 0. The molecule has 0 spiro atoms. The maximum Gasteiger partial charge on any atom is 0.202 e. The molecule has 0 bridgehead atoms. The highest BCUT2D eigenvalue weighted by molar-refractivity contribution is 9.10. The number of carbonyl (C=O) groups excluding carboxylic acids is 1. The maximum atomic E-state index is 12.6. The second-order valence-corrected chi connectivity index (χ2v) is 6.96. The zero-order chi connectivity index (χ0) is 17.9. The summed E-state index contributed by atoms with van der Waals surface area (Å²) in [4.78, 5) is 12.6. The lowest BCUT2D eigenvalue weighted by atomic mass is 10.1. The van der Waals surface area contributed by atoms with Crippen molar-refractivity contribution in [2.24, 2.45) is 0 Å². The summed E-state index contributed by atoms with van der Waals surface area (Å²) in [6.07, 6.45) is 0. The van der Waals surface area contributed by atoms with Crippen molar-refractivity contribution in [3.63, 3.8) is 0 Å². The Morgan fingerprint density at radius 3 is 2.58 bits per heavy atom. The van der Waals surface area contributed by atoms with Crippen LogP contribution in [0, 0.1) is 20.8 Å². The average molecular weight is 394 g/mol. The number of benzene rings is 1. The van der Waals surface area contributed by atoms with Crippen LogP contribution in [0.4, 0.5) is 0 Å². The van der Waals surface area contributed by atoms with Gasteiger partial charge in [0.1, 0.15) is 5.75 Å². The monoisotopic (exact) mass is 393 g/mol. The first-order valence-electron chi connectivity index (χ1n) is 7.94. The Balaban J connectivity index is 2.14. The zero-order valence-corrected chi connectivity index (χ0v) is 16.4. The standard InChI is InChI=1S/C19H24BrNO3/c1-12-6-7-19(17(20)8-12)24-11-18(22)16-9-13(2)21(15(16)4)14(3)10-23-5/h6-9,14H,10-11H2,1-5H3. The van der Waals surface area contributed by atoms with Crippen LogP contribution in [0.3, 0.4) is 0 Å². The van der Waals surface area contributed by atoms with E-state index in [0.29, 0.717) is 17.9 Å². The molecule has 1 unspecified atom stereocenters. The molecular formula is C19H24BrNO3. The molecule has 4 nitrogen and oxygen atoms in total. The van der Waals surface area contributed by atoms with E-state index in [4.69, 9.17) is 9.47 Å². The Morgan fingerprint density at radius 2 is 1.96 bits per heavy atom. The van der Waals surface area contributed by atoms with Crippen molar-refractivity contribution in [3.8, 4) is 5.75 Å². The molecule has 0 N–H and O–H groups in total. The lowest BCUT2D eigenvalue weighted by Crippen LogP contribution is -2.16. The quantitative estimate of drug-likeness (QED) is 0.642. The highest BCUT2D eigenvalue weighted by Crippen LogP contribution is 2.26. The van der Waals surface area contributed by atoms with Crippen LogP contribution in [0.25, 0.3) is 0 Å². The number of Topliss-reactive ketones (excluding diaryl/α,β-unsaturated/α-hetero) is 1. The third-order valence-electron chi connectivity index (χ3n) is 4.08. The van der Waals surface area contributed by atoms with E-state index in [1.807, 2.05) is 45.0 Å². The van der Waals surface area contributed by atoms with Crippen molar-refractivity contribution in [2.75, 3.05) is 20.3 Å². The van der Waals surface area contributed by atoms with Crippen LogP contribution in [-0.4, -0.2) is 30.7 Å². The molecule has 0 saturated carbocycles. The van der Waals surface area contributed by atoms with Crippen molar-refractivity contribution >= 4 is 21.7 Å². The van der Waals surface area contributed by atoms with Gasteiger partial charge in [0.15, 0.2) is 6.61 Å². The van der Waals surface area contributed by atoms with Gasteiger partial charge in [-0.2, -0.15) is 0 Å². The summed E-state index contributed by atoms with van der Waals surface area (Å²) in [7, 11) is 1.68. The molecule has 0 radical (unpaired) electrons. The van der Waals surface area contributed by atoms with Gasteiger partial charge in [0.25, 0.3) is 0 Å². The highest BCUT2D eigenvalue weighted by Gasteiger charge is 2.19. The molecule has 0 amide bonds. The normalized spacial score (nSPS) is 12.2. The smallest absolute Gasteiger partial charge is 0.202 e. The minimum atomic E-state index is -0.0218. The molecule has 0 aliphatic carbocycles. The molecule has 1 atom stereocenters. The highest BCUT2D eigenvalue weighted by atomic mass is 79.9. The summed E-state index contributed by atoms with van der Waals surface area (Å²) < 4.78 is 13.9. The minimum absolute atomic E-state index is 0.0185. The number of halogens is 1. The van der Waals surface area contributed by atoms with Gasteiger partial charge in [-0.25, -0.2) is 0 Å². The number of rotatable bonds is 7. The first-order valence-corrected chi connectivity index (χ1v) is 8.74. The molecule has 2 rings (SSSR count). The van der Waals surface area contributed by atoms with E-state index in [2.05, 4.69) is 27.4 Å². The van der Waals surface area contributed by atoms with Crippen molar-refractivity contribution < 1.29 is 14.3 Å². The fourth-order valence-electron chi connectivity index (χ4n) is 3.00. The van der Waals surface area contributed by atoms with Crippen molar-refractivity contribution in [2.45, 2.75) is 33.7 Å². The van der Waals surface area contributed by atoms with Crippen LogP contribution in [-0.2, 0) is 4.74 Å². The fourth-order valence-corrected chi connectivity index (χ4v) is 3.61. The van der Waals surface area contributed by atoms with Crippen LogP contribution in [0.5, 0.6) is 5.75 Å². The molecule has 0 saturated heterocycles. The van der Waals surface area contributed by atoms with Gasteiger partial charge in [-0.05, 0) is 67.4 Å². The van der Waals surface area contributed by atoms with E-state index in [1.54, 1.807) is 7.11 Å². The van der Waals surface area contributed by atoms with Crippen LogP contribution >= 0.6 is 15.9 Å². The molecule has 1 aromatic heterocycles. The van der Waals surface area contributed by atoms with Gasteiger partial charge in [0, 0.05) is 24.1 Å². The average Bonchev–Trinajstić information content (AvgIpc) is 2.81. The molecule has 0 aliphatic rings. The van der Waals surface area contributed by atoms with E-state index in [0.717, 1.165) is 21.4 Å². The minimum Gasteiger partial charge on any atom is -0.484 e. The number of hydrogen-bond acceptors (Lipinski definition) is 3. The summed E-state index contributed by atoms with van der Waals surface area (Å²) in [5, 5.41) is 0. The van der Waals surface area contributed by atoms with Gasteiger partial charge in [-0.1, -0.05) is 6.07 Å². The number of carbonyl (C=O) groups is 1. The van der Waals surface area contributed by atoms with Gasteiger partial charge in [-0.3, -0.25) is 4.79 Å². The molecule has 5 heteroatoms. The summed E-state index contributed by atoms with van der Waals surface area (Å²) in [5.41, 5.74) is 3.85. The van der Waals surface area contributed by atoms with Gasteiger partial charge in [0.05, 0.1) is 17.1 Å². The van der Waals surface area contributed by atoms with Crippen molar-refractivity contribution in [1.82, 2.24) is 4.57 Å². The largest absolute Gasteiger partial charge is 0.484 e. The molecule has 1 aromatic carbocycles. The lowest BCUT2D eigenvalue weighted by Gasteiger charge is -2.17. The number of ether oxygens (including phenoxy) is 2. The van der Waals surface area contributed by atoms with Crippen LogP contribution in [0.15, 0.2) is 28.7 Å². The van der Waals surface area contributed by atoms with E-state index < -0.39 is 0 Å². The topological polar surface area (TPSA) is 40.5 Å². The van der Waals surface area contributed by atoms with Crippen LogP contribution in [0.2, 0.25) is 0 Å². The van der Waals surface area contributed by atoms with Crippen LogP contribution in [0.1, 0.15) is 40.3 Å². The second kappa shape index (κ2) is 7.99. The van der Waals surface area contributed by atoms with Gasteiger partial charge >= 0.3 is 0 Å². The number of aromatic nitrogens is 1. The number of ketones is 1. The third kappa shape index (κ3) is 4.08. The number of methoxy groups -OCH3 is 1. The Labute approximate surface area is 151 Å². The maximum absolute atomic E-state index is 12.6. The molecule has 0 fully saturated rings. The third-order valence-corrected chi connectivity index (χ3v) is 4.70. The first kappa shape index (κ1) is 18.7. The molecule has 0 aliphatic heterocycles. The number of aryl methyl sites for hydroxylation is 2. The fraction of sp³-hybridized carbons (Fsp3) is 0.421. The van der Waals surface area contributed by atoms with Gasteiger partial charge < -0.3 is 14.0 Å². The SMILES string of the molecule is COCC(C)n1c(C)cc(C(=O)COc2ccc(C)cc2Br)c1C. The molecule has 24 heavy (non-hydrogen) atoms. The molecular weight excluding hydrogens is 370 g/mol. The summed E-state index contributed by atoms with van der Waals surface area (Å²) in [5.74, 6) is 0.655. The van der Waals surface area contributed by atoms with Gasteiger partial charge in [-0.15, -0.1) is 0 Å². The summed E-state index contributed by atoms with van der Waals surface area (Å²) >= 11 is 3.47. The Bertz CT molecular complexity index is 736. The van der Waals surface area contributed by atoms with E-state index in [9.17, 15) is 4.79 Å². The number of nitrogens with zero attached hydrogens (tertiary/aromatic N) is 1. The molecule has 1 heterocycles. The molecule has 2 aromatic rings. The lowest BCUT2D eigenvalue weighted by molar-refractivity contribution is 0.0920. The predicted octanol–water partition coefficient (Wildman–Crippen LogP) is 4.64.